The normalized spacial score (nSPS) is 20.6. The second-order valence-corrected chi connectivity index (χ2v) is 12.8. The number of azide groups is 1. The van der Waals surface area contributed by atoms with Gasteiger partial charge in [-0.1, -0.05) is 53.6 Å². The van der Waals surface area contributed by atoms with E-state index in [2.05, 4.69) is 20.1 Å². The van der Waals surface area contributed by atoms with Gasteiger partial charge in [0.15, 0.2) is 24.5 Å². The van der Waals surface area contributed by atoms with Crippen LogP contribution in [0.25, 0.3) is 21.6 Å². The van der Waals surface area contributed by atoms with Crippen molar-refractivity contribution >= 4 is 30.0 Å². The smallest absolute Gasteiger partial charge is 0.407 e. The van der Waals surface area contributed by atoms with Crippen LogP contribution < -0.4 is 10.1 Å². The van der Waals surface area contributed by atoms with Gasteiger partial charge in [0.05, 0.1) is 6.10 Å². The molecular formula is C37H33F5N4O12. The van der Waals surface area contributed by atoms with Crippen LogP contribution in [0.3, 0.4) is 0 Å². The Hall–Kier alpha value is -6.31. The Morgan fingerprint density at radius 2 is 1.31 bits per heavy atom. The summed E-state index contributed by atoms with van der Waals surface area (Å²) in [5, 5.41) is 5.65. The number of fused-ring (bicyclic) bond motifs is 3. The lowest BCUT2D eigenvalue weighted by Crippen LogP contribution is -2.62. The van der Waals surface area contributed by atoms with Crippen LogP contribution >= 0.6 is 0 Å². The summed E-state index contributed by atoms with van der Waals surface area (Å²) in [7, 11) is 0. The summed E-state index contributed by atoms with van der Waals surface area (Å²) >= 11 is 0. The highest BCUT2D eigenvalue weighted by Crippen LogP contribution is 2.44. The number of hydrogen-bond acceptors (Lipinski definition) is 13. The number of nitrogens with one attached hydrogen (secondary N) is 1. The fourth-order valence-corrected chi connectivity index (χ4v) is 6.44. The molecular weight excluding hydrogens is 787 g/mol. The Morgan fingerprint density at radius 3 is 1.84 bits per heavy atom. The van der Waals surface area contributed by atoms with Gasteiger partial charge < -0.3 is 38.5 Å². The Balaban J connectivity index is 1.47. The Bertz CT molecular complexity index is 2080. The van der Waals surface area contributed by atoms with Crippen LogP contribution in [0.15, 0.2) is 53.6 Å². The van der Waals surface area contributed by atoms with E-state index < -0.39 is 120 Å². The van der Waals surface area contributed by atoms with Gasteiger partial charge in [0, 0.05) is 31.6 Å². The van der Waals surface area contributed by atoms with E-state index in [1.807, 2.05) is 36.4 Å². The van der Waals surface area contributed by atoms with Gasteiger partial charge in [0.1, 0.15) is 25.4 Å². The molecule has 3 aromatic rings. The maximum atomic E-state index is 14.7. The zero-order valence-electron chi connectivity index (χ0n) is 30.8. The molecule has 308 valence electrons. The van der Waals surface area contributed by atoms with E-state index in [-0.39, 0.29) is 6.61 Å². The molecule has 0 radical (unpaired) electrons. The van der Waals surface area contributed by atoms with Crippen LogP contribution in [0, 0.1) is 29.1 Å². The third kappa shape index (κ3) is 9.28. The van der Waals surface area contributed by atoms with E-state index in [9.17, 15) is 51.5 Å². The number of benzene rings is 3. The first-order valence-electron chi connectivity index (χ1n) is 17.2. The van der Waals surface area contributed by atoms with E-state index in [0.717, 1.165) is 49.9 Å². The van der Waals surface area contributed by atoms with Gasteiger partial charge in [-0.15, -0.1) is 0 Å². The number of carbonyl (C=O) groups excluding carboxylic acids is 5. The highest BCUT2D eigenvalue weighted by Gasteiger charge is 2.52. The average molecular weight is 821 g/mol. The molecule has 3 aromatic carbocycles. The average Bonchev–Trinajstić information content (AvgIpc) is 3.50. The fraction of sp³-hybridized carbons (Fsp3) is 0.378. The fourth-order valence-electron chi connectivity index (χ4n) is 6.44. The predicted octanol–water partition coefficient (Wildman–Crippen LogP) is 5.43. The molecule has 0 aromatic heterocycles. The van der Waals surface area contributed by atoms with E-state index in [4.69, 9.17) is 28.4 Å². The summed E-state index contributed by atoms with van der Waals surface area (Å²) in [5.74, 6) is -19.6. The van der Waals surface area contributed by atoms with Gasteiger partial charge in [0.25, 0.3) is 0 Å². The molecule has 58 heavy (non-hydrogen) atoms. The lowest BCUT2D eigenvalue weighted by Gasteiger charge is -2.44. The summed E-state index contributed by atoms with van der Waals surface area (Å²) < 4.78 is 109. The standard InChI is InChI=1S/C37H33F5N4O12/c1-15(54-36-31(45-46-43)34(56-18(4)49)32(55-17(3)48)24(57-36)14-52-16(2)47)30(35(50)58-33-28(41)26(39)25(38)27(40)29(33)42)44-37(51)53-13-23-21-11-7-5-9-19(21)20-10-6-8-12-22(20)23/h5-12,15,23-24,30-32,34,36H,13-14H2,1-4H3,(H,44,51)/t15-,24-,30+,31-,32-,34-,36+/m1/s1. The quantitative estimate of drug-likeness (QED) is 0.0263. The van der Waals surface area contributed by atoms with E-state index in [1.54, 1.807) is 12.1 Å². The van der Waals surface area contributed by atoms with Gasteiger partial charge in [-0.05, 0) is 34.7 Å². The van der Waals surface area contributed by atoms with E-state index in [0.29, 0.717) is 0 Å². The zero-order chi connectivity index (χ0) is 42.4. The Kier molecular flexibility index (Phi) is 13.5. The van der Waals surface area contributed by atoms with Crippen molar-refractivity contribution in [2.45, 2.75) is 76.4 Å². The number of carbonyl (C=O) groups is 5. The van der Waals surface area contributed by atoms with Gasteiger partial charge >= 0.3 is 30.0 Å². The van der Waals surface area contributed by atoms with Crippen LogP contribution in [-0.2, 0) is 47.6 Å². The van der Waals surface area contributed by atoms with Crippen molar-refractivity contribution in [1.29, 1.82) is 0 Å². The maximum Gasteiger partial charge on any atom is 0.407 e. The summed E-state index contributed by atoms with van der Waals surface area (Å²) in [6.45, 7) is 3.02. The molecule has 2 aliphatic rings. The largest absolute Gasteiger partial charge is 0.463 e. The number of nitrogens with zero attached hydrogens (tertiary/aromatic N) is 3. The van der Waals surface area contributed by atoms with Gasteiger partial charge in [-0.3, -0.25) is 14.4 Å². The molecule has 1 aliphatic heterocycles. The van der Waals surface area contributed by atoms with Crippen LogP contribution in [0.1, 0.15) is 44.7 Å². The predicted molar refractivity (Wildman–Crippen MR) is 184 cm³/mol. The first-order chi connectivity index (χ1) is 27.5. The van der Waals surface area contributed by atoms with Crippen molar-refractivity contribution in [3.63, 3.8) is 0 Å². The molecule has 0 unspecified atom stereocenters. The number of rotatable bonds is 13. The lowest BCUT2D eigenvalue weighted by atomic mass is 9.96. The number of hydrogen-bond donors (Lipinski definition) is 1. The van der Waals surface area contributed by atoms with Crippen LogP contribution in [0.4, 0.5) is 26.7 Å². The minimum Gasteiger partial charge on any atom is -0.463 e. The lowest BCUT2D eigenvalue weighted by molar-refractivity contribution is -0.283. The molecule has 16 nitrogen and oxygen atoms in total. The summed E-state index contributed by atoms with van der Waals surface area (Å²) in [6, 6.07) is 10.5. The summed E-state index contributed by atoms with van der Waals surface area (Å²) in [6.07, 6.45) is -9.94. The topological polar surface area (TPSA) is 211 Å². The highest BCUT2D eigenvalue weighted by atomic mass is 19.2. The second kappa shape index (κ2) is 18.3. The van der Waals surface area contributed by atoms with Gasteiger partial charge in [-0.2, -0.15) is 8.78 Å². The molecule has 1 aliphatic carbocycles. The number of ether oxygens (including phenoxy) is 7. The van der Waals surface area contributed by atoms with Gasteiger partial charge in [0.2, 0.25) is 34.8 Å². The molecule has 5 rings (SSSR count). The Labute approximate surface area is 325 Å². The molecule has 7 atom stereocenters. The molecule has 0 bridgehead atoms. The van der Waals surface area contributed by atoms with E-state index >= 15 is 0 Å². The molecule has 1 N–H and O–H groups in total. The molecule has 1 amide bonds. The molecule has 0 spiro atoms. The van der Waals surface area contributed by atoms with Crippen LogP contribution in [0.5, 0.6) is 5.75 Å². The summed E-state index contributed by atoms with van der Waals surface area (Å²) in [4.78, 5) is 65.6. The van der Waals surface area contributed by atoms with Crippen molar-refractivity contribution in [1.82, 2.24) is 5.32 Å². The van der Waals surface area contributed by atoms with Crippen LogP contribution in [-0.4, -0.2) is 86.0 Å². The molecule has 1 heterocycles. The van der Waals surface area contributed by atoms with Crippen molar-refractivity contribution in [2.24, 2.45) is 5.11 Å². The Morgan fingerprint density at radius 1 is 0.776 bits per heavy atom. The first-order valence-corrected chi connectivity index (χ1v) is 17.2. The number of esters is 4. The van der Waals surface area contributed by atoms with Crippen molar-refractivity contribution in [3.05, 3.63) is 99.2 Å². The number of halogens is 5. The number of amides is 1. The van der Waals surface area contributed by atoms with Crippen LogP contribution in [0.2, 0.25) is 0 Å². The first kappa shape index (κ1) is 42.8. The molecule has 0 saturated carbocycles. The maximum absolute atomic E-state index is 14.7. The number of alkyl carbamates (subject to hydrolysis) is 1. The summed E-state index contributed by atoms with van der Waals surface area (Å²) in [5.41, 5.74) is 12.8. The zero-order valence-corrected chi connectivity index (χ0v) is 30.8. The highest BCUT2D eigenvalue weighted by molar-refractivity contribution is 5.84. The molecule has 1 saturated heterocycles. The molecule has 21 heteroatoms. The molecule has 1 fully saturated rings. The third-order valence-electron chi connectivity index (χ3n) is 8.92. The third-order valence-corrected chi connectivity index (χ3v) is 8.92. The SMILES string of the molecule is CC(=O)OC[C@H]1O[C@H](O[C@H](C)[C@H](NC(=O)OCC2c3ccccc3-c3ccccc32)C(=O)Oc2c(F)c(F)c(F)c(F)c2F)[C@H](N=[N+]=[N-])[C@@H](OC(C)=O)[C@@H]1OC(C)=O. The van der Waals surface area contributed by atoms with Crippen molar-refractivity contribution in [3.8, 4) is 16.9 Å². The monoisotopic (exact) mass is 820 g/mol. The van der Waals surface area contributed by atoms with Gasteiger partial charge in [-0.25, -0.2) is 22.8 Å². The van der Waals surface area contributed by atoms with E-state index in [1.165, 1.54) is 0 Å². The second-order valence-electron chi connectivity index (χ2n) is 12.8. The minimum absolute atomic E-state index is 0.321. The van der Waals surface area contributed by atoms with Crippen molar-refractivity contribution < 1.29 is 79.1 Å². The van der Waals surface area contributed by atoms with Crippen molar-refractivity contribution in [2.75, 3.05) is 13.2 Å². The minimum atomic E-state index is -2.55.